The Labute approximate surface area is 274 Å². The molecule has 45 heavy (non-hydrogen) atoms. The van der Waals surface area contributed by atoms with E-state index in [0.717, 1.165) is 55.8 Å². The van der Waals surface area contributed by atoms with Gasteiger partial charge in [0.25, 0.3) is 0 Å². The SMILES string of the molecule is CSCCOc1cc(C)c(Cc2ccc(O)c(C(C)C)c2)c(C)c1.C[C@H](N[P+](=O)Oc1ccccc1)C(=O)OC1CCCCC1. The van der Waals surface area contributed by atoms with Crippen LogP contribution in [0.1, 0.15) is 86.6 Å². The Bertz CT molecular complexity index is 1350. The second-order valence-electron chi connectivity index (χ2n) is 11.8. The van der Waals surface area contributed by atoms with Crippen LogP contribution in [0.2, 0.25) is 0 Å². The number of hydrogen-bond acceptors (Lipinski definition) is 7. The number of aromatic hydroxyl groups is 1. The summed E-state index contributed by atoms with van der Waals surface area (Å²) < 4.78 is 28.3. The number of para-hydroxylation sites is 1. The summed E-state index contributed by atoms with van der Waals surface area (Å²) in [5.41, 5.74) is 6.10. The number of ether oxygens (including phenoxy) is 2. The third-order valence-electron chi connectivity index (χ3n) is 7.74. The molecule has 2 atom stereocenters. The number of thioether (sulfide) groups is 1. The molecular weight excluding hydrogens is 605 g/mol. The van der Waals surface area contributed by atoms with Gasteiger partial charge < -0.3 is 14.6 Å². The maximum atomic E-state index is 11.9. The minimum atomic E-state index is -2.15. The zero-order valence-electron chi connectivity index (χ0n) is 27.5. The van der Waals surface area contributed by atoms with Crippen LogP contribution in [-0.4, -0.2) is 41.8 Å². The zero-order chi connectivity index (χ0) is 32.8. The summed E-state index contributed by atoms with van der Waals surface area (Å²) in [5, 5.41) is 12.6. The van der Waals surface area contributed by atoms with Crippen molar-refractivity contribution in [1.29, 1.82) is 0 Å². The van der Waals surface area contributed by atoms with Gasteiger partial charge in [-0.2, -0.15) is 11.8 Å². The van der Waals surface area contributed by atoms with Crippen molar-refractivity contribution in [2.45, 2.75) is 91.2 Å². The van der Waals surface area contributed by atoms with Crippen LogP contribution in [0.4, 0.5) is 0 Å². The molecular formula is C36H49NO6PS+. The first kappa shape index (κ1) is 36.4. The van der Waals surface area contributed by atoms with Gasteiger partial charge in [-0.25, -0.2) is 4.52 Å². The van der Waals surface area contributed by atoms with Gasteiger partial charge in [0.2, 0.25) is 0 Å². The fraction of sp³-hybridized carbons (Fsp3) is 0.472. The number of esters is 1. The minimum Gasteiger partial charge on any atom is -0.508 e. The molecule has 0 spiro atoms. The third-order valence-corrected chi connectivity index (χ3v) is 9.29. The highest BCUT2D eigenvalue weighted by atomic mass is 32.2. The first-order chi connectivity index (χ1) is 21.6. The van der Waals surface area contributed by atoms with Gasteiger partial charge in [0.05, 0.1) is 6.61 Å². The van der Waals surface area contributed by atoms with E-state index in [9.17, 15) is 14.5 Å². The van der Waals surface area contributed by atoms with E-state index in [1.165, 1.54) is 28.7 Å². The molecule has 1 saturated carbocycles. The van der Waals surface area contributed by atoms with E-state index in [0.29, 0.717) is 17.4 Å². The molecule has 3 aromatic rings. The van der Waals surface area contributed by atoms with Gasteiger partial charge in [0.15, 0.2) is 5.75 Å². The highest BCUT2D eigenvalue weighted by molar-refractivity contribution is 7.98. The predicted octanol–water partition coefficient (Wildman–Crippen LogP) is 9.04. The highest BCUT2D eigenvalue weighted by Crippen LogP contribution is 2.30. The number of nitrogens with one attached hydrogen (secondary N) is 1. The van der Waals surface area contributed by atoms with E-state index < -0.39 is 14.2 Å². The van der Waals surface area contributed by atoms with Gasteiger partial charge in [-0.05, 0) is 123 Å². The van der Waals surface area contributed by atoms with E-state index in [1.54, 1.807) is 43.0 Å². The Morgan fingerprint density at radius 2 is 1.64 bits per heavy atom. The second-order valence-corrected chi connectivity index (χ2v) is 13.8. The molecule has 1 aliphatic carbocycles. The largest absolute Gasteiger partial charge is 0.664 e. The van der Waals surface area contributed by atoms with Crippen LogP contribution in [0.15, 0.2) is 60.7 Å². The molecule has 4 rings (SSSR count). The summed E-state index contributed by atoms with van der Waals surface area (Å²) in [4.78, 5) is 11.9. The lowest BCUT2D eigenvalue weighted by molar-refractivity contribution is -0.152. The van der Waals surface area contributed by atoms with Crippen molar-refractivity contribution in [2.24, 2.45) is 0 Å². The fourth-order valence-electron chi connectivity index (χ4n) is 5.20. The average molecular weight is 655 g/mol. The topological polar surface area (TPSA) is 94.1 Å². The molecule has 0 radical (unpaired) electrons. The van der Waals surface area contributed by atoms with E-state index in [4.69, 9.17) is 14.0 Å². The third kappa shape index (κ3) is 12.3. The molecule has 2 N–H and O–H groups in total. The van der Waals surface area contributed by atoms with Crippen LogP contribution in [0, 0.1) is 13.8 Å². The summed E-state index contributed by atoms with van der Waals surface area (Å²) in [6, 6.07) is 18.4. The van der Waals surface area contributed by atoms with Crippen molar-refractivity contribution >= 4 is 25.9 Å². The van der Waals surface area contributed by atoms with Crippen LogP contribution < -0.4 is 14.3 Å². The number of carbonyl (C=O) groups excluding carboxylic acids is 1. The summed E-state index contributed by atoms with van der Waals surface area (Å²) in [6.07, 6.45) is 8.23. The van der Waals surface area contributed by atoms with Gasteiger partial charge >= 0.3 is 14.1 Å². The summed E-state index contributed by atoms with van der Waals surface area (Å²) in [5.74, 6) is 2.79. The molecule has 244 valence electrons. The lowest BCUT2D eigenvalue weighted by Gasteiger charge is -2.22. The predicted molar refractivity (Wildman–Crippen MR) is 185 cm³/mol. The molecule has 0 aliphatic heterocycles. The molecule has 1 aliphatic rings. The molecule has 3 aromatic carbocycles. The number of hydrogen-bond donors (Lipinski definition) is 2. The van der Waals surface area contributed by atoms with E-state index in [2.05, 4.69) is 57.2 Å². The van der Waals surface area contributed by atoms with E-state index >= 15 is 0 Å². The number of benzene rings is 3. The summed E-state index contributed by atoms with van der Waals surface area (Å²) in [6.45, 7) is 10.9. The van der Waals surface area contributed by atoms with Crippen molar-refractivity contribution in [3.63, 3.8) is 0 Å². The Hall–Kier alpha value is -3.06. The Balaban J connectivity index is 0.000000248. The second kappa shape index (κ2) is 18.8. The number of aryl methyl sites for hydroxylation is 2. The molecule has 0 aromatic heterocycles. The van der Waals surface area contributed by atoms with Gasteiger partial charge in [0.1, 0.15) is 23.6 Å². The monoisotopic (exact) mass is 654 g/mol. The molecule has 1 fully saturated rings. The molecule has 0 amide bonds. The van der Waals surface area contributed by atoms with E-state index in [-0.39, 0.29) is 12.1 Å². The number of rotatable bonds is 13. The average Bonchev–Trinajstić information content (AvgIpc) is 3.01. The maximum Gasteiger partial charge on any atom is 0.664 e. The van der Waals surface area contributed by atoms with Crippen LogP contribution in [0.3, 0.4) is 0 Å². The fourth-order valence-corrected chi connectivity index (χ4v) is 6.24. The van der Waals surface area contributed by atoms with E-state index in [1.807, 2.05) is 18.2 Å². The Morgan fingerprint density at radius 3 is 2.27 bits per heavy atom. The lowest BCUT2D eigenvalue weighted by Crippen LogP contribution is -2.34. The van der Waals surface area contributed by atoms with Crippen LogP contribution in [0.25, 0.3) is 0 Å². The number of phenols is 1. The van der Waals surface area contributed by atoms with Crippen LogP contribution in [-0.2, 0) is 20.5 Å². The standard InChI is InChI=1S/C21H28O2S.C15H21NO4P/c1-14(2)19-12-17(6-7-21(19)22)13-20-15(3)10-18(11-16(20)4)23-8-9-24-5;1-12(15(17)19-13-8-4-2-5-9-13)16-21(18)20-14-10-6-3-7-11-14/h6-7,10-12,14,22H,8-9,13H2,1-5H3;3,6-7,10-13H,2,4-5,8-9H2,1H3,(H,16,18)/q;+1/t;12-/m.0/s1. The van der Waals surface area contributed by atoms with Crippen LogP contribution in [0.5, 0.6) is 17.2 Å². The summed E-state index contributed by atoms with van der Waals surface area (Å²) >= 11 is 1.79. The molecule has 1 unspecified atom stereocenters. The smallest absolute Gasteiger partial charge is 0.508 e. The van der Waals surface area contributed by atoms with Crippen LogP contribution >= 0.6 is 19.9 Å². The zero-order valence-corrected chi connectivity index (χ0v) is 29.2. The van der Waals surface area contributed by atoms with Gasteiger partial charge in [-0.3, -0.25) is 4.79 Å². The first-order valence-corrected chi connectivity index (χ1v) is 18.3. The molecule has 0 bridgehead atoms. The van der Waals surface area contributed by atoms with Gasteiger partial charge in [0, 0.05) is 10.3 Å². The van der Waals surface area contributed by atoms with Crippen molar-refractivity contribution in [1.82, 2.24) is 5.09 Å². The normalized spacial score (nSPS) is 14.2. The van der Waals surface area contributed by atoms with Crippen molar-refractivity contribution in [3.8, 4) is 17.2 Å². The number of carbonyl (C=O) groups is 1. The lowest BCUT2D eigenvalue weighted by atomic mass is 9.93. The maximum absolute atomic E-state index is 11.9. The van der Waals surface area contributed by atoms with Crippen molar-refractivity contribution in [2.75, 3.05) is 18.6 Å². The first-order valence-electron chi connectivity index (χ1n) is 15.8. The number of phenolic OH excluding ortho intramolecular Hbond substituents is 1. The molecule has 9 heteroatoms. The molecule has 0 heterocycles. The Kier molecular flexibility index (Phi) is 15.2. The molecule has 7 nitrogen and oxygen atoms in total. The Morgan fingerprint density at radius 1 is 0.978 bits per heavy atom. The summed E-state index contributed by atoms with van der Waals surface area (Å²) in [7, 11) is -2.15. The van der Waals surface area contributed by atoms with Gasteiger partial charge in [-0.15, -0.1) is 0 Å². The van der Waals surface area contributed by atoms with Crippen molar-refractivity contribution < 1.29 is 28.5 Å². The molecule has 0 saturated heterocycles. The quantitative estimate of drug-likeness (QED) is 0.107. The van der Waals surface area contributed by atoms with Crippen molar-refractivity contribution in [3.05, 3.63) is 88.5 Å². The minimum absolute atomic E-state index is 0.00317. The highest BCUT2D eigenvalue weighted by Gasteiger charge is 2.30. The van der Waals surface area contributed by atoms with Gasteiger partial charge in [-0.1, -0.05) is 55.7 Å².